The molecule has 0 amide bonds. The van der Waals surface area contributed by atoms with E-state index in [9.17, 15) is 0 Å². The van der Waals surface area contributed by atoms with Crippen LogP contribution in [0.2, 0.25) is 0 Å². The molecule has 0 atom stereocenters. The molecule has 5 heteroatoms. The van der Waals surface area contributed by atoms with E-state index in [0.29, 0.717) is 4.77 Å². The Morgan fingerprint density at radius 3 is 3.06 bits per heavy atom. The van der Waals surface area contributed by atoms with Gasteiger partial charge in [0, 0.05) is 25.4 Å². The number of aromatic amines is 1. The number of nitrogens with zero attached hydrogens (tertiary/aromatic N) is 3. The average Bonchev–Trinajstić information content (AvgIpc) is 2.69. The summed E-state index contributed by atoms with van der Waals surface area (Å²) in [5, 5.41) is 7.00. The van der Waals surface area contributed by atoms with Crippen molar-refractivity contribution < 1.29 is 0 Å². The second kappa shape index (κ2) is 5.03. The highest BCUT2D eigenvalue weighted by molar-refractivity contribution is 7.71. The number of H-pyrrole nitrogens is 1. The van der Waals surface area contributed by atoms with Crippen LogP contribution in [0.4, 0.5) is 0 Å². The maximum atomic E-state index is 5.18. The fourth-order valence-corrected chi connectivity index (χ4v) is 1.88. The van der Waals surface area contributed by atoms with Gasteiger partial charge in [-0.2, -0.15) is 5.10 Å². The molecule has 4 nitrogen and oxygen atoms in total. The van der Waals surface area contributed by atoms with Crippen LogP contribution < -0.4 is 0 Å². The van der Waals surface area contributed by atoms with Crippen molar-refractivity contribution in [2.75, 3.05) is 0 Å². The smallest absolute Gasteiger partial charge is 0.195 e. The molecule has 0 aliphatic carbocycles. The summed E-state index contributed by atoms with van der Waals surface area (Å²) in [5.74, 6) is 1.01. The molecular formula is C11H14N4S. The Morgan fingerprint density at radius 1 is 1.50 bits per heavy atom. The predicted molar refractivity (Wildman–Crippen MR) is 64.7 cm³/mol. The van der Waals surface area contributed by atoms with Gasteiger partial charge in [-0.05, 0) is 30.3 Å². The maximum absolute atomic E-state index is 5.18. The van der Waals surface area contributed by atoms with E-state index in [0.717, 1.165) is 25.2 Å². The van der Waals surface area contributed by atoms with Crippen LogP contribution in [-0.2, 0) is 19.4 Å². The van der Waals surface area contributed by atoms with E-state index in [2.05, 4.69) is 28.2 Å². The molecule has 0 fully saturated rings. The van der Waals surface area contributed by atoms with E-state index in [1.807, 2.05) is 16.8 Å². The molecule has 0 bridgehead atoms. The molecule has 84 valence electrons. The number of hydrogen-bond acceptors (Lipinski definition) is 3. The standard InChI is InChI=1S/C11H14N4S/c1-2-10-13-14-11(16)15(10)7-5-9-4-3-6-12-8-9/h3-4,6,8H,2,5,7H2,1H3,(H,14,16). The summed E-state index contributed by atoms with van der Waals surface area (Å²) in [4.78, 5) is 4.09. The lowest BCUT2D eigenvalue weighted by Crippen LogP contribution is -2.05. The SMILES string of the molecule is CCc1n[nH]c(=S)n1CCc1cccnc1. The monoisotopic (exact) mass is 234 g/mol. The van der Waals surface area contributed by atoms with Gasteiger partial charge in [-0.3, -0.25) is 10.1 Å². The minimum absolute atomic E-state index is 0.695. The van der Waals surface area contributed by atoms with Crippen LogP contribution in [0.15, 0.2) is 24.5 Å². The van der Waals surface area contributed by atoms with E-state index < -0.39 is 0 Å². The first-order chi connectivity index (χ1) is 7.81. The van der Waals surface area contributed by atoms with Gasteiger partial charge in [-0.1, -0.05) is 13.0 Å². The van der Waals surface area contributed by atoms with E-state index >= 15 is 0 Å². The maximum Gasteiger partial charge on any atom is 0.195 e. The fraction of sp³-hybridized carbons (Fsp3) is 0.364. The lowest BCUT2D eigenvalue weighted by atomic mass is 10.2. The van der Waals surface area contributed by atoms with Gasteiger partial charge in [0.25, 0.3) is 0 Å². The molecule has 16 heavy (non-hydrogen) atoms. The van der Waals surface area contributed by atoms with Crippen molar-refractivity contribution in [2.45, 2.75) is 26.3 Å². The molecule has 0 radical (unpaired) electrons. The molecule has 0 saturated carbocycles. The van der Waals surface area contributed by atoms with Crippen molar-refractivity contribution in [1.82, 2.24) is 19.7 Å². The first kappa shape index (κ1) is 11.0. The van der Waals surface area contributed by atoms with Gasteiger partial charge in [0.2, 0.25) is 0 Å². The Morgan fingerprint density at radius 2 is 2.38 bits per heavy atom. The average molecular weight is 234 g/mol. The Kier molecular flexibility index (Phi) is 3.46. The zero-order chi connectivity index (χ0) is 11.4. The van der Waals surface area contributed by atoms with Crippen molar-refractivity contribution in [3.8, 4) is 0 Å². The second-order valence-electron chi connectivity index (χ2n) is 3.56. The Labute approximate surface area is 99.4 Å². The summed E-state index contributed by atoms with van der Waals surface area (Å²) in [5.41, 5.74) is 1.22. The van der Waals surface area contributed by atoms with Gasteiger partial charge < -0.3 is 4.57 Å². The predicted octanol–water partition coefficient (Wildman–Crippen LogP) is 2.14. The highest BCUT2D eigenvalue weighted by Crippen LogP contribution is 2.03. The summed E-state index contributed by atoms with van der Waals surface area (Å²) < 4.78 is 2.74. The number of pyridine rings is 1. The normalized spacial score (nSPS) is 10.6. The van der Waals surface area contributed by atoms with Gasteiger partial charge >= 0.3 is 0 Å². The lowest BCUT2D eigenvalue weighted by Gasteiger charge is -2.04. The largest absolute Gasteiger partial charge is 0.304 e. The van der Waals surface area contributed by atoms with Crippen molar-refractivity contribution in [3.63, 3.8) is 0 Å². The number of rotatable bonds is 4. The van der Waals surface area contributed by atoms with E-state index in [1.54, 1.807) is 6.20 Å². The minimum atomic E-state index is 0.695. The molecule has 0 aliphatic rings. The summed E-state index contributed by atoms with van der Waals surface area (Å²) in [6.07, 6.45) is 5.48. The fourth-order valence-electron chi connectivity index (χ4n) is 1.64. The van der Waals surface area contributed by atoms with Gasteiger partial charge in [0.1, 0.15) is 5.82 Å². The molecule has 1 N–H and O–H groups in total. The zero-order valence-corrected chi connectivity index (χ0v) is 10.00. The third kappa shape index (κ3) is 2.36. The van der Waals surface area contributed by atoms with E-state index in [-0.39, 0.29) is 0 Å². The van der Waals surface area contributed by atoms with Crippen molar-refractivity contribution in [3.05, 3.63) is 40.7 Å². The molecule has 0 spiro atoms. The summed E-state index contributed by atoms with van der Waals surface area (Å²) in [6, 6.07) is 4.02. The van der Waals surface area contributed by atoms with Gasteiger partial charge in [-0.15, -0.1) is 0 Å². The van der Waals surface area contributed by atoms with Gasteiger partial charge in [0.15, 0.2) is 4.77 Å². The summed E-state index contributed by atoms with van der Waals surface area (Å²) in [7, 11) is 0. The van der Waals surface area contributed by atoms with Crippen LogP contribution in [0.1, 0.15) is 18.3 Å². The van der Waals surface area contributed by atoms with Crippen LogP contribution in [0.3, 0.4) is 0 Å². The Hall–Kier alpha value is -1.49. The molecule has 0 aliphatic heterocycles. The second-order valence-corrected chi connectivity index (χ2v) is 3.95. The van der Waals surface area contributed by atoms with E-state index in [4.69, 9.17) is 12.2 Å². The van der Waals surface area contributed by atoms with Gasteiger partial charge in [-0.25, -0.2) is 0 Å². The third-order valence-electron chi connectivity index (χ3n) is 2.50. The first-order valence-corrected chi connectivity index (χ1v) is 5.75. The molecular weight excluding hydrogens is 220 g/mol. The van der Waals surface area contributed by atoms with Crippen LogP contribution in [0.25, 0.3) is 0 Å². The van der Waals surface area contributed by atoms with Gasteiger partial charge in [0.05, 0.1) is 0 Å². The number of aryl methyl sites for hydroxylation is 2. The van der Waals surface area contributed by atoms with Crippen LogP contribution in [0.5, 0.6) is 0 Å². The molecule has 2 aromatic rings. The molecule has 2 heterocycles. The lowest BCUT2D eigenvalue weighted by molar-refractivity contribution is 0.648. The summed E-state index contributed by atoms with van der Waals surface area (Å²) in [6.45, 7) is 2.93. The number of aromatic nitrogens is 4. The zero-order valence-electron chi connectivity index (χ0n) is 9.18. The topological polar surface area (TPSA) is 46.5 Å². The van der Waals surface area contributed by atoms with E-state index in [1.165, 1.54) is 5.56 Å². The number of hydrogen-bond donors (Lipinski definition) is 1. The Balaban J connectivity index is 2.10. The third-order valence-corrected chi connectivity index (χ3v) is 2.81. The molecule has 0 unspecified atom stereocenters. The highest BCUT2D eigenvalue weighted by atomic mass is 32.1. The van der Waals surface area contributed by atoms with Crippen LogP contribution in [-0.4, -0.2) is 19.7 Å². The first-order valence-electron chi connectivity index (χ1n) is 5.34. The number of nitrogens with one attached hydrogen (secondary N) is 1. The van der Waals surface area contributed by atoms with Crippen LogP contribution >= 0.6 is 12.2 Å². The molecule has 0 aromatic carbocycles. The van der Waals surface area contributed by atoms with Crippen molar-refractivity contribution >= 4 is 12.2 Å². The molecule has 2 rings (SSSR count). The van der Waals surface area contributed by atoms with Crippen LogP contribution in [0, 0.1) is 4.77 Å². The Bertz CT molecular complexity index is 500. The molecule has 0 saturated heterocycles. The molecule has 2 aromatic heterocycles. The highest BCUT2D eigenvalue weighted by Gasteiger charge is 2.03. The van der Waals surface area contributed by atoms with Crippen molar-refractivity contribution in [2.24, 2.45) is 0 Å². The summed E-state index contributed by atoms with van der Waals surface area (Å²) >= 11 is 5.18. The van der Waals surface area contributed by atoms with Crippen molar-refractivity contribution in [1.29, 1.82) is 0 Å². The quantitative estimate of drug-likeness (QED) is 0.824. The minimum Gasteiger partial charge on any atom is -0.304 e.